The molecule has 184 valence electrons. The first-order valence-corrected chi connectivity index (χ1v) is 14.0. The lowest BCUT2D eigenvalue weighted by molar-refractivity contribution is -0.152. The van der Waals surface area contributed by atoms with Gasteiger partial charge in [0.15, 0.2) is 0 Å². The third-order valence-corrected chi connectivity index (χ3v) is 8.47. The minimum absolute atomic E-state index is 0.155. The summed E-state index contributed by atoms with van der Waals surface area (Å²) in [6.07, 6.45) is 0.600. The number of thioether (sulfide) groups is 1. The maximum absolute atomic E-state index is 13.3. The summed E-state index contributed by atoms with van der Waals surface area (Å²) in [6, 6.07) is 14.5. The number of esters is 1. The highest BCUT2D eigenvalue weighted by atomic mass is 32.2. The Morgan fingerprint density at radius 3 is 2.44 bits per heavy atom. The molecule has 2 aromatic rings. The van der Waals surface area contributed by atoms with Crippen molar-refractivity contribution >= 4 is 33.7 Å². The van der Waals surface area contributed by atoms with E-state index in [0.29, 0.717) is 24.3 Å². The molecule has 1 N–H and O–H groups in total. The van der Waals surface area contributed by atoms with Crippen LogP contribution in [0.25, 0.3) is 0 Å². The lowest BCUT2D eigenvalue weighted by atomic mass is 10.0. The first-order chi connectivity index (χ1) is 16.2. The normalized spacial score (nSPS) is 17.8. The van der Waals surface area contributed by atoms with Crippen LogP contribution in [0.2, 0.25) is 0 Å². The lowest BCUT2D eigenvalue weighted by Gasteiger charge is -2.34. The van der Waals surface area contributed by atoms with Crippen molar-refractivity contribution in [1.29, 1.82) is 0 Å². The molecular formula is C25H32N2O5S2. The highest BCUT2D eigenvalue weighted by Gasteiger charge is 2.39. The van der Waals surface area contributed by atoms with E-state index in [2.05, 4.69) is 5.32 Å². The Kier molecular flexibility index (Phi) is 9.16. The Morgan fingerprint density at radius 2 is 1.79 bits per heavy atom. The summed E-state index contributed by atoms with van der Waals surface area (Å²) in [5.41, 5.74) is 1.99. The Bertz CT molecular complexity index is 1070. The molecular weight excluding hydrogens is 472 g/mol. The first-order valence-electron chi connectivity index (χ1n) is 11.4. The number of hydrogen-bond acceptors (Lipinski definition) is 6. The number of rotatable bonds is 9. The van der Waals surface area contributed by atoms with Crippen molar-refractivity contribution in [2.24, 2.45) is 0 Å². The van der Waals surface area contributed by atoms with Crippen LogP contribution in [0.3, 0.4) is 0 Å². The van der Waals surface area contributed by atoms with Crippen molar-refractivity contribution in [2.75, 3.05) is 18.1 Å². The number of aryl methyl sites for hydroxylation is 2. The molecule has 0 aliphatic carbocycles. The molecule has 3 rings (SSSR count). The molecule has 34 heavy (non-hydrogen) atoms. The van der Waals surface area contributed by atoms with Crippen LogP contribution >= 0.6 is 11.8 Å². The maximum atomic E-state index is 13.3. The summed E-state index contributed by atoms with van der Waals surface area (Å²) in [6.45, 7) is 5.61. The van der Waals surface area contributed by atoms with Gasteiger partial charge in [0.05, 0.1) is 11.0 Å². The van der Waals surface area contributed by atoms with Crippen LogP contribution < -0.4 is 5.32 Å². The van der Waals surface area contributed by atoms with Gasteiger partial charge in [-0.15, -0.1) is 0 Å². The van der Waals surface area contributed by atoms with Crippen molar-refractivity contribution in [2.45, 2.75) is 56.7 Å². The lowest BCUT2D eigenvalue weighted by Crippen LogP contribution is -2.56. The van der Waals surface area contributed by atoms with E-state index in [1.165, 1.54) is 16.1 Å². The van der Waals surface area contributed by atoms with Gasteiger partial charge in [-0.05, 0) is 51.3 Å². The second-order valence-corrected chi connectivity index (χ2v) is 11.6. The van der Waals surface area contributed by atoms with Gasteiger partial charge < -0.3 is 10.1 Å². The zero-order chi connectivity index (χ0) is 24.7. The molecule has 1 aliphatic heterocycles. The third-order valence-electron chi connectivity index (χ3n) is 5.53. The molecule has 0 unspecified atom stereocenters. The van der Waals surface area contributed by atoms with Gasteiger partial charge in [0, 0.05) is 18.1 Å². The molecule has 1 fully saturated rings. The Hall–Kier alpha value is -2.36. The van der Waals surface area contributed by atoms with Gasteiger partial charge in [-0.2, -0.15) is 16.1 Å². The number of carbonyl (C=O) groups is 2. The molecule has 2 aromatic carbocycles. The fourth-order valence-corrected chi connectivity index (χ4v) is 6.56. The van der Waals surface area contributed by atoms with Gasteiger partial charge in [0.1, 0.15) is 12.1 Å². The van der Waals surface area contributed by atoms with Gasteiger partial charge in [-0.3, -0.25) is 4.79 Å². The van der Waals surface area contributed by atoms with Crippen LogP contribution in [-0.2, 0) is 30.8 Å². The van der Waals surface area contributed by atoms with Gasteiger partial charge >= 0.3 is 5.97 Å². The number of hydrogen-bond donors (Lipinski definition) is 1. The van der Waals surface area contributed by atoms with Crippen LogP contribution in [0.15, 0.2) is 59.5 Å². The standard InChI is InChI=1S/C25H32N2O5S2/c1-18(2)32-25(29)22(14-11-20-7-5-4-6-8-20)26-24(28)23-17-33-16-15-27(23)34(30,31)21-12-9-19(3)10-13-21/h4-10,12-13,18,22-23H,11,14-17H2,1-3H3,(H,26,28)/t22-,23-/m0/s1. The predicted molar refractivity (Wildman–Crippen MR) is 134 cm³/mol. The van der Waals surface area contributed by atoms with Crippen molar-refractivity contribution < 1.29 is 22.7 Å². The molecule has 0 radical (unpaired) electrons. The molecule has 1 saturated heterocycles. The van der Waals surface area contributed by atoms with Crippen molar-refractivity contribution in [3.63, 3.8) is 0 Å². The van der Waals surface area contributed by atoms with Crippen molar-refractivity contribution in [3.05, 3.63) is 65.7 Å². The van der Waals surface area contributed by atoms with E-state index in [4.69, 9.17) is 4.74 Å². The number of sulfonamides is 1. The summed E-state index contributed by atoms with van der Waals surface area (Å²) in [7, 11) is -3.86. The van der Waals surface area contributed by atoms with Gasteiger partial charge in [-0.1, -0.05) is 48.0 Å². The summed E-state index contributed by atoms with van der Waals surface area (Å²) in [5, 5.41) is 2.79. The minimum atomic E-state index is -3.86. The average Bonchev–Trinajstić information content (AvgIpc) is 2.82. The molecule has 1 heterocycles. The van der Waals surface area contributed by atoms with E-state index in [1.807, 2.05) is 37.3 Å². The molecule has 0 spiro atoms. The smallest absolute Gasteiger partial charge is 0.328 e. The molecule has 9 heteroatoms. The Morgan fingerprint density at radius 1 is 1.12 bits per heavy atom. The van der Waals surface area contributed by atoms with Crippen LogP contribution in [0.4, 0.5) is 0 Å². The quantitative estimate of drug-likeness (QED) is 0.528. The predicted octanol–water partition coefficient (Wildman–Crippen LogP) is 3.17. The van der Waals surface area contributed by atoms with E-state index >= 15 is 0 Å². The molecule has 1 amide bonds. The molecule has 7 nitrogen and oxygen atoms in total. The summed E-state index contributed by atoms with van der Waals surface area (Å²) in [4.78, 5) is 26.2. The minimum Gasteiger partial charge on any atom is -0.461 e. The SMILES string of the molecule is Cc1ccc(S(=O)(=O)N2CCSC[C@H]2C(=O)N[C@@H](CCc2ccccc2)C(=O)OC(C)C)cc1. The van der Waals surface area contributed by atoms with Gasteiger partial charge in [-0.25, -0.2) is 13.2 Å². The first kappa shape index (κ1) is 26.2. The van der Waals surface area contributed by atoms with E-state index < -0.39 is 34.0 Å². The Labute approximate surface area is 206 Å². The third kappa shape index (κ3) is 6.84. The largest absolute Gasteiger partial charge is 0.461 e. The molecule has 1 aliphatic rings. The van der Waals surface area contributed by atoms with E-state index in [0.717, 1.165) is 11.1 Å². The van der Waals surface area contributed by atoms with Gasteiger partial charge in [0.2, 0.25) is 15.9 Å². The van der Waals surface area contributed by atoms with Crippen LogP contribution in [0.5, 0.6) is 0 Å². The van der Waals surface area contributed by atoms with E-state index in [1.54, 1.807) is 38.1 Å². The van der Waals surface area contributed by atoms with Crippen LogP contribution in [0.1, 0.15) is 31.4 Å². The molecule has 2 atom stereocenters. The average molecular weight is 505 g/mol. The second-order valence-electron chi connectivity index (χ2n) is 8.59. The summed E-state index contributed by atoms with van der Waals surface area (Å²) in [5.74, 6) is -0.0826. The zero-order valence-corrected chi connectivity index (χ0v) is 21.4. The molecule has 0 saturated carbocycles. The van der Waals surface area contributed by atoms with Crippen LogP contribution in [-0.4, -0.2) is 60.8 Å². The molecule has 0 aromatic heterocycles. The van der Waals surface area contributed by atoms with E-state index in [9.17, 15) is 18.0 Å². The number of nitrogens with zero attached hydrogens (tertiary/aromatic N) is 1. The number of carbonyl (C=O) groups excluding carboxylic acids is 2. The van der Waals surface area contributed by atoms with E-state index in [-0.39, 0.29) is 17.5 Å². The topological polar surface area (TPSA) is 92.8 Å². The highest BCUT2D eigenvalue weighted by molar-refractivity contribution is 7.99. The number of benzene rings is 2. The zero-order valence-electron chi connectivity index (χ0n) is 19.8. The molecule has 0 bridgehead atoms. The fraction of sp³-hybridized carbons (Fsp3) is 0.440. The maximum Gasteiger partial charge on any atom is 0.328 e. The fourth-order valence-electron chi connectivity index (χ4n) is 3.72. The number of amides is 1. The van der Waals surface area contributed by atoms with Crippen molar-refractivity contribution in [3.8, 4) is 0 Å². The van der Waals surface area contributed by atoms with Crippen LogP contribution in [0, 0.1) is 6.92 Å². The Balaban J connectivity index is 1.78. The number of ether oxygens (including phenoxy) is 1. The second kappa shape index (κ2) is 11.9. The van der Waals surface area contributed by atoms with Crippen molar-refractivity contribution in [1.82, 2.24) is 9.62 Å². The highest BCUT2D eigenvalue weighted by Crippen LogP contribution is 2.25. The summed E-state index contributed by atoms with van der Waals surface area (Å²) >= 11 is 1.52. The monoisotopic (exact) mass is 504 g/mol. The van der Waals surface area contributed by atoms with Gasteiger partial charge in [0.25, 0.3) is 0 Å². The number of nitrogens with one attached hydrogen (secondary N) is 1. The summed E-state index contributed by atoms with van der Waals surface area (Å²) < 4.78 is 33.3.